The molecule has 28 heavy (non-hydrogen) atoms. The van der Waals surface area contributed by atoms with Crippen LogP contribution >= 0.6 is 11.8 Å². The quantitative estimate of drug-likeness (QED) is 0.435. The second kappa shape index (κ2) is 7.17. The van der Waals surface area contributed by atoms with Crippen LogP contribution in [0.5, 0.6) is 0 Å². The maximum Gasteiger partial charge on any atom is 0.233 e. The molecule has 0 bridgehead atoms. The molecular weight excluding hydrogens is 362 g/mol. The highest BCUT2D eigenvalue weighted by atomic mass is 32.2. The van der Waals surface area contributed by atoms with E-state index in [0.717, 1.165) is 16.1 Å². The van der Waals surface area contributed by atoms with Gasteiger partial charge in [0.2, 0.25) is 5.91 Å². The summed E-state index contributed by atoms with van der Waals surface area (Å²) in [6.45, 7) is 0. The summed E-state index contributed by atoms with van der Waals surface area (Å²) < 4.78 is 0. The molecule has 0 saturated carbocycles. The van der Waals surface area contributed by atoms with Crippen LogP contribution in [-0.2, 0) is 4.79 Å². The van der Waals surface area contributed by atoms with Crippen molar-refractivity contribution >= 4 is 34.1 Å². The van der Waals surface area contributed by atoms with E-state index in [4.69, 9.17) is 0 Å². The summed E-state index contributed by atoms with van der Waals surface area (Å²) in [5.74, 6) is -0.231. The Bertz CT molecular complexity index is 1150. The first-order chi connectivity index (χ1) is 13.8. The van der Waals surface area contributed by atoms with Gasteiger partial charge in [-0.25, -0.2) is 0 Å². The van der Waals surface area contributed by atoms with Crippen LogP contribution < -0.4 is 5.32 Å². The molecule has 5 rings (SSSR count). The number of amides is 1. The van der Waals surface area contributed by atoms with Crippen LogP contribution in [0.1, 0.15) is 22.3 Å². The Morgan fingerprint density at radius 1 is 0.714 bits per heavy atom. The zero-order valence-electron chi connectivity index (χ0n) is 15.2. The van der Waals surface area contributed by atoms with Crippen molar-refractivity contribution in [1.82, 2.24) is 0 Å². The molecule has 4 aromatic carbocycles. The van der Waals surface area contributed by atoms with Gasteiger partial charge in [0.25, 0.3) is 0 Å². The molecule has 0 fully saturated rings. The smallest absolute Gasteiger partial charge is 0.233 e. The monoisotopic (exact) mass is 381 g/mol. The van der Waals surface area contributed by atoms with Crippen LogP contribution in [0.3, 0.4) is 0 Å². The normalized spacial score (nSPS) is 18.9. The predicted molar refractivity (Wildman–Crippen MR) is 117 cm³/mol. The van der Waals surface area contributed by atoms with Crippen molar-refractivity contribution in [3.63, 3.8) is 0 Å². The standard InChI is InChI=1S/C25H19NOS/c27-25-23(18-10-2-1-3-11-18)24(28-22-16-7-6-15-21(22)26-25)20-14-8-12-17-9-4-5-13-19(17)20/h1-16,23-24H,(H,26,27)/t23-,24+/m0/s1. The van der Waals surface area contributed by atoms with E-state index in [9.17, 15) is 4.79 Å². The van der Waals surface area contributed by atoms with Crippen molar-refractivity contribution in [2.75, 3.05) is 5.32 Å². The van der Waals surface area contributed by atoms with Crippen molar-refractivity contribution in [3.05, 3.63) is 108 Å². The van der Waals surface area contributed by atoms with Gasteiger partial charge in [0, 0.05) is 4.90 Å². The Morgan fingerprint density at radius 2 is 1.43 bits per heavy atom. The number of benzene rings is 4. The van der Waals surface area contributed by atoms with Crippen LogP contribution in [0.4, 0.5) is 5.69 Å². The van der Waals surface area contributed by atoms with Gasteiger partial charge in [0.15, 0.2) is 0 Å². The highest BCUT2D eigenvalue weighted by Gasteiger charge is 2.36. The van der Waals surface area contributed by atoms with Crippen molar-refractivity contribution in [3.8, 4) is 0 Å². The average Bonchev–Trinajstić information content (AvgIpc) is 2.89. The molecule has 0 aromatic heterocycles. The fourth-order valence-corrected chi connectivity index (χ4v) is 5.38. The molecule has 0 unspecified atom stereocenters. The van der Waals surface area contributed by atoms with Crippen LogP contribution in [0.15, 0.2) is 102 Å². The van der Waals surface area contributed by atoms with E-state index < -0.39 is 0 Å². The van der Waals surface area contributed by atoms with Gasteiger partial charge in [-0.1, -0.05) is 84.9 Å². The average molecular weight is 382 g/mol. The van der Waals surface area contributed by atoms with Crippen LogP contribution in [-0.4, -0.2) is 5.91 Å². The summed E-state index contributed by atoms with van der Waals surface area (Å²) in [7, 11) is 0. The number of hydrogen-bond donors (Lipinski definition) is 1. The van der Waals surface area contributed by atoms with Crippen molar-refractivity contribution in [2.45, 2.75) is 16.1 Å². The number of rotatable bonds is 2. The molecule has 1 aliphatic rings. The van der Waals surface area contributed by atoms with Gasteiger partial charge < -0.3 is 5.32 Å². The van der Waals surface area contributed by atoms with Crippen molar-refractivity contribution < 1.29 is 4.79 Å². The zero-order valence-corrected chi connectivity index (χ0v) is 16.0. The molecule has 4 aromatic rings. The van der Waals surface area contributed by atoms with Gasteiger partial charge in [0.05, 0.1) is 16.9 Å². The van der Waals surface area contributed by atoms with Gasteiger partial charge in [-0.3, -0.25) is 4.79 Å². The maximum absolute atomic E-state index is 13.4. The first-order valence-corrected chi connectivity index (χ1v) is 10.3. The van der Waals surface area contributed by atoms with E-state index in [2.05, 4.69) is 66.0 Å². The van der Waals surface area contributed by atoms with Crippen molar-refractivity contribution in [1.29, 1.82) is 0 Å². The molecule has 136 valence electrons. The van der Waals surface area contributed by atoms with Gasteiger partial charge in [-0.05, 0) is 34.0 Å². The number of para-hydroxylation sites is 1. The summed E-state index contributed by atoms with van der Waals surface area (Å²) in [4.78, 5) is 14.5. The molecule has 1 amide bonds. The van der Waals surface area contributed by atoms with Crippen molar-refractivity contribution in [2.24, 2.45) is 0 Å². The molecule has 1 heterocycles. The third kappa shape index (κ3) is 2.98. The molecule has 0 radical (unpaired) electrons. The summed E-state index contributed by atoms with van der Waals surface area (Å²) in [5, 5.41) is 5.55. The minimum Gasteiger partial charge on any atom is -0.324 e. The fourth-order valence-electron chi connectivity index (χ4n) is 3.95. The van der Waals surface area contributed by atoms with Gasteiger partial charge >= 0.3 is 0 Å². The fraction of sp³-hybridized carbons (Fsp3) is 0.0800. The molecule has 0 saturated heterocycles. The summed E-state index contributed by atoms with van der Waals surface area (Å²) in [6, 6.07) is 33.0. The lowest BCUT2D eigenvalue weighted by Gasteiger charge is -2.25. The summed E-state index contributed by atoms with van der Waals surface area (Å²) >= 11 is 1.77. The van der Waals surface area contributed by atoms with Gasteiger partial charge in [-0.15, -0.1) is 11.8 Å². The number of carbonyl (C=O) groups excluding carboxylic acids is 1. The molecule has 0 spiro atoms. The van der Waals surface area contributed by atoms with E-state index in [-0.39, 0.29) is 17.1 Å². The van der Waals surface area contributed by atoms with Crippen LogP contribution in [0, 0.1) is 0 Å². The maximum atomic E-state index is 13.4. The summed E-state index contributed by atoms with van der Waals surface area (Å²) in [5.41, 5.74) is 3.13. The third-order valence-corrected chi connectivity index (χ3v) is 6.66. The van der Waals surface area contributed by atoms with Crippen LogP contribution in [0.25, 0.3) is 10.8 Å². The number of fused-ring (bicyclic) bond motifs is 2. The van der Waals surface area contributed by atoms with E-state index in [0.29, 0.717) is 0 Å². The first kappa shape index (κ1) is 17.1. The number of carbonyl (C=O) groups is 1. The topological polar surface area (TPSA) is 29.1 Å². The minimum absolute atomic E-state index is 0.0165. The molecule has 1 N–H and O–H groups in total. The molecule has 1 aliphatic heterocycles. The number of nitrogens with one attached hydrogen (secondary N) is 1. The Kier molecular flexibility index (Phi) is 4.38. The highest BCUT2D eigenvalue weighted by molar-refractivity contribution is 7.99. The van der Waals surface area contributed by atoms with E-state index in [1.807, 2.05) is 36.4 Å². The van der Waals surface area contributed by atoms with E-state index in [1.165, 1.54) is 16.3 Å². The minimum atomic E-state index is -0.274. The first-order valence-electron chi connectivity index (χ1n) is 9.40. The Balaban J connectivity index is 1.74. The Hall–Kier alpha value is -3.04. The van der Waals surface area contributed by atoms with Gasteiger partial charge in [-0.2, -0.15) is 0 Å². The lowest BCUT2D eigenvalue weighted by molar-refractivity contribution is -0.117. The molecule has 2 atom stereocenters. The Morgan fingerprint density at radius 3 is 2.32 bits per heavy atom. The number of hydrogen-bond acceptors (Lipinski definition) is 2. The third-order valence-electron chi connectivity index (χ3n) is 5.27. The molecule has 3 heteroatoms. The van der Waals surface area contributed by atoms with Crippen LogP contribution in [0.2, 0.25) is 0 Å². The molecule has 2 nitrogen and oxygen atoms in total. The summed E-state index contributed by atoms with van der Waals surface area (Å²) in [6.07, 6.45) is 0. The van der Waals surface area contributed by atoms with E-state index >= 15 is 0 Å². The Labute approximate surface area is 168 Å². The predicted octanol–water partition coefficient (Wildman–Crippen LogP) is 6.41. The van der Waals surface area contributed by atoms with Gasteiger partial charge in [0.1, 0.15) is 0 Å². The second-order valence-corrected chi connectivity index (χ2v) is 8.16. The number of thioether (sulfide) groups is 1. The molecular formula is C25H19NOS. The largest absolute Gasteiger partial charge is 0.324 e. The molecule has 0 aliphatic carbocycles. The second-order valence-electron chi connectivity index (χ2n) is 6.98. The lowest BCUT2D eigenvalue weighted by Crippen LogP contribution is -2.23. The zero-order chi connectivity index (χ0) is 18.9. The SMILES string of the molecule is O=C1Nc2ccccc2S[C@H](c2cccc3ccccc23)[C@@H]1c1ccccc1. The number of anilines is 1. The van der Waals surface area contributed by atoms with E-state index in [1.54, 1.807) is 11.8 Å². The highest BCUT2D eigenvalue weighted by Crippen LogP contribution is 2.51. The lowest BCUT2D eigenvalue weighted by atomic mass is 9.88.